The molecule has 0 amide bonds. The minimum Gasteiger partial charge on any atom is -0.328 e. The first-order valence-electron chi connectivity index (χ1n) is 5.12. The normalized spacial score (nSPS) is 11.2. The molecule has 0 saturated heterocycles. The van der Waals surface area contributed by atoms with Gasteiger partial charge in [-0.2, -0.15) is 10.3 Å². The first-order valence-corrected chi connectivity index (χ1v) is 5.50. The molecule has 0 atom stereocenters. The smallest absolute Gasteiger partial charge is 0.207 e. The molecule has 1 heterocycles. The maximum absolute atomic E-state index is 8.60. The van der Waals surface area contributed by atoms with Gasteiger partial charge in [-0.25, -0.2) is 0 Å². The van der Waals surface area contributed by atoms with E-state index in [0.29, 0.717) is 17.1 Å². The van der Waals surface area contributed by atoms with Crippen LogP contribution in [-0.4, -0.2) is 4.57 Å². The molecule has 0 bridgehead atoms. The molecule has 0 fully saturated rings. The minimum atomic E-state index is 0.634. The van der Waals surface area contributed by atoms with Crippen molar-refractivity contribution >= 4 is 11.6 Å². The zero-order valence-electron chi connectivity index (χ0n) is 9.05. The fourth-order valence-electron chi connectivity index (χ4n) is 1.59. The number of nitrogens with zero attached hydrogens (tertiary/aromatic N) is 3. The summed E-state index contributed by atoms with van der Waals surface area (Å²) in [6, 6.07) is 13.2. The molecule has 1 aromatic carbocycles. The first-order chi connectivity index (χ1) is 8.29. The van der Waals surface area contributed by atoms with Crippen molar-refractivity contribution in [2.24, 2.45) is 4.99 Å². The van der Waals surface area contributed by atoms with Crippen molar-refractivity contribution in [1.29, 1.82) is 5.26 Å². The summed E-state index contributed by atoms with van der Waals surface area (Å²) in [5.41, 5.74) is 1.71. The molecule has 4 heteroatoms. The standard InChI is InChI=1S/C13H10ClN3/c14-12-5-3-4-11(8-12)9-17-7-2-1-6-13(17)16-10-15/h1-8H,9H2. The first kappa shape index (κ1) is 11.4. The summed E-state index contributed by atoms with van der Waals surface area (Å²) in [5, 5.41) is 9.31. The lowest BCUT2D eigenvalue weighted by atomic mass is 10.2. The lowest BCUT2D eigenvalue weighted by molar-refractivity contribution is 0.743. The molecule has 0 unspecified atom stereocenters. The van der Waals surface area contributed by atoms with Crippen molar-refractivity contribution in [3.63, 3.8) is 0 Å². The molecular formula is C13H10ClN3. The third-order valence-electron chi connectivity index (χ3n) is 2.32. The van der Waals surface area contributed by atoms with E-state index in [1.54, 1.807) is 12.3 Å². The van der Waals surface area contributed by atoms with Crippen molar-refractivity contribution in [1.82, 2.24) is 4.57 Å². The van der Waals surface area contributed by atoms with E-state index in [2.05, 4.69) is 4.99 Å². The Kier molecular flexibility index (Phi) is 3.59. The number of halogens is 1. The van der Waals surface area contributed by atoms with Gasteiger partial charge in [-0.3, -0.25) is 0 Å². The predicted octanol–water partition coefficient (Wildman–Crippen LogP) is 2.57. The molecule has 17 heavy (non-hydrogen) atoms. The van der Waals surface area contributed by atoms with Crippen LogP contribution in [0.1, 0.15) is 5.56 Å². The van der Waals surface area contributed by atoms with Crippen LogP contribution in [0.3, 0.4) is 0 Å². The SMILES string of the molecule is N#CN=c1ccccn1Cc1cccc(Cl)c1. The van der Waals surface area contributed by atoms with Gasteiger partial charge in [-0.05, 0) is 29.8 Å². The van der Waals surface area contributed by atoms with Gasteiger partial charge in [0.2, 0.25) is 6.19 Å². The molecule has 0 radical (unpaired) electrons. The highest BCUT2D eigenvalue weighted by atomic mass is 35.5. The molecule has 0 saturated carbocycles. The number of nitriles is 1. The van der Waals surface area contributed by atoms with Gasteiger partial charge >= 0.3 is 0 Å². The number of hydrogen-bond acceptors (Lipinski definition) is 2. The largest absolute Gasteiger partial charge is 0.328 e. The van der Waals surface area contributed by atoms with Crippen molar-refractivity contribution < 1.29 is 0 Å². The van der Waals surface area contributed by atoms with Gasteiger partial charge in [0, 0.05) is 17.8 Å². The maximum atomic E-state index is 8.60. The second kappa shape index (κ2) is 5.33. The number of benzene rings is 1. The molecule has 84 valence electrons. The summed E-state index contributed by atoms with van der Waals surface area (Å²) < 4.78 is 1.90. The molecule has 0 spiro atoms. The van der Waals surface area contributed by atoms with Gasteiger partial charge < -0.3 is 4.57 Å². The molecule has 0 N–H and O–H groups in total. The van der Waals surface area contributed by atoms with Crippen LogP contribution in [0.25, 0.3) is 0 Å². The van der Waals surface area contributed by atoms with E-state index in [4.69, 9.17) is 16.9 Å². The highest BCUT2D eigenvalue weighted by Crippen LogP contribution is 2.11. The molecule has 2 rings (SSSR count). The zero-order chi connectivity index (χ0) is 12.1. The number of hydrogen-bond donors (Lipinski definition) is 0. The lowest BCUT2D eigenvalue weighted by Gasteiger charge is -2.06. The summed E-state index contributed by atoms with van der Waals surface area (Å²) in [6.07, 6.45) is 3.69. The van der Waals surface area contributed by atoms with Gasteiger partial charge in [-0.1, -0.05) is 29.8 Å². The Morgan fingerprint density at radius 2 is 2.12 bits per heavy atom. The van der Waals surface area contributed by atoms with E-state index in [1.807, 2.05) is 47.2 Å². The Balaban J connectivity index is 2.37. The monoisotopic (exact) mass is 243 g/mol. The average molecular weight is 244 g/mol. The lowest BCUT2D eigenvalue weighted by Crippen LogP contribution is -2.19. The summed E-state index contributed by atoms with van der Waals surface area (Å²) in [6.45, 7) is 0.641. The van der Waals surface area contributed by atoms with Crippen LogP contribution in [0, 0.1) is 11.5 Å². The van der Waals surface area contributed by atoms with Crippen molar-refractivity contribution in [3.8, 4) is 6.19 Å². The van der Waals surface area contributed by atoms with E-state index in [9.17, 15) is 0 Å². The summed E-state index contributed by atoms with van der Waals surface area (Å²) in [4.78, 5) is 3.76. The molecular weight excluding hydrogens is 234 g/mol. The van der Waals surface area contributed by atoms with E-state index in [1.165, 1.54) is 0 Å². The predicted molar refractivity (Wildman–Crippen MR) is 66.2 cm³/mol. The van der Waals surface area contributed by atoms with Crippen LogP contribution >= 0.6 is 11.6 Å². The minimum absolute atomic E-state index is 0.634. The van der Waals surface area contributed by atoms with E-state index >= 15 is 0 Å². The quantitative estimate of drug-likeness (QED) is 0.748. The van der Waals surface area contributed by atoms with Crippen LogP contribution in [0.4, 0.5) is 0 Å². The van der Waals surface area contributed by atoms with Crippen molar-refractivity contribution in [3.05, 3.63) is 64.7 Å². The molecule has 1 aromatic heterocycles. The number of pyridine rings is 1. The van der Waals surface area contributed by atoms with Crippen molar-refractivity contribution in [2.75, 3.05) is 0 Å². The van der Waals surface area contributed by atoms with E-state index in [-0.39, 0.29) is 0 Å². The Labute approximate surface area is 104 Å². The second-order valence-electron chi connectivity index (χ2n) is 3.53. The Hall–Kier alpha value is -2.05. The fourth-order valence-corrected chi connectivity index (χ4v) is 1.80. The highest BCUT2D eigenvalue weighted by molar-refractivity contribution is 6.30. The molecule has 3 nitrogen and oxygen atoms in total. The zero-order valence-corrected chi connectivity index (χ0v) is 9.80. The van der Waals surface area contributed by atoms with E-state index < -0.39 is 0 Å². The van der Waals surface area contributed by atoms with Gasteiger partial charge in [0.05, 0.1) is 0 Å². The van der Waals surface area contributed by atoms with Gasteiger partial charge in [0.25, 0.3) is 0 Å². The topological polar surface area (TPSA) is 41.1 Å². The second-order valence-corrected chi connectivity index (χ2v) is 3.96. The summed E-state index contributed by atoms with van der Waals surface area (Å²) in [5.74, 6) is 0. The molecule has 0 aliphatic heterocycles. The van der Waals surface area contributed by atoms with Gasteiger partial charge in [0.15, 0.2) is 0 Å². The maximum Gasteiger partial charge on any atom is 0.207 e. The molecule has 2 aromatic rings. The van der Waals surface area contributed by atoms with Crippen LogP contribution in [0.15, 0.2) is 53.7 Å². The Morgan fingerprint density at radius 3 is 2.88 bits per heavy atom. The van der Waals surface area contributed by atoms with Crippen molar-refractivity contribution in [2.45, 2.75) is 6.54 Å². The number of rotatable bonds is 2. The van der Waals surface area contributed by atoms with E-state index in [0.717, 1.165) is 5.56 Å². The van der Waals surface area contributed by atoms with Crippen LogP contribution < -0.4 is 5.49 Å². The highest BCUT2D eigenvalue weighted by Gasteiger charge is 1.96. The van der Waals surface area contributed by atoms with Crippen LogP contribution in [-0.2, 0) is 6.54 Å². The fraction of sp³-hybridized carbons (Fsp3) is 0.0769. The third kappa shape index (κ3) is 2.96. The summed E-state index contributed by atoms with van der Waals surface area (Å²) >= 11 is 5.93. The third-order valence-corrected chi connectivity index (χ3v) is 2.56. The molecule has 0 aliphatic carbocycles. The summed E-state index contributed by atoms with van der Waals surface area (Å²) in [7, 11) is 0. The average Bonchev–Trinajstić information content (AvgIpc) is 2.32. The van der Waals surface area contributed by atoms with Crippen LogP contribution in [0.2, 0.25) is 5.02 Å². The molecule has 0 aliphatic rings. The Bertz CT molecular complexity index is 623. The van der Waals surface area contributed by atoms with Crippen LogP contribution in [0.5, 0.6) is 0 Å². The van der Waals surface area contributed by atoms with Gasteiger partial charge in [-0.15, -0.1) is 0 Å². The Morgan fingerprint density at radius 1 is 1.24 bits per heavy atom. The number of aromatic nitrogens is 1. The van der Waals surface area contributed by atoms with Gasteiger partial charge in [0.1, 0.15) is 5.49 Å².